The first-order valence-electron chi connectivity index (χ1n) is 9.53. The summed E-state index contributed by atoms with van der Waals surface area (Å²) in [6.45, 7) is 3.65. The van der Waals surface area contributed by atoms with E-state index in [1.807, 2.05) is 55.9 Å². The number of rotatable bonds is 5. The third-order valence-corrected chi connectivity index (χ3v) is 5.55. The number of aromatic nitrogens is 1. The lowest BCUT2D eigenvalue weighted by molar-refractivity contribution is 0.159. The van der Waals surface area contributed by atoms with Crippen LogP contribution in [-0.4, -0.2) is 36.8 Å². The molecule has 0 radical (unpaired) electrons. The van der Waals surface area contributed by atoms with Gasteiger partial charge in [-0.25, -0.2) is 4.57 Å². The van der Waals surface area contributed by atoms with Crippen molar-refractivity contribution in [3.8, 4) is 11.5 Å². The molecule has 10 nitrogen and oxygen atoms in total. The molecular weight excluding hydrogens is 423 g/mol. The summed E-state index contributed by atoms with van der Waals surface area (Å²) < 4.78 is 18.1. The summed E-state index contributed by atoms with van der Waals surface area (Å²) in [5.74, 6) is -0.331. The number of phenolic OH excluding ortho intramolecular Hbond substituents is 1. The zero-order valence-corrected chi connectivity index (χ0v) is 18.0. The van der Waals surface area contributed by atoms with E-state index in [2.05, 4.69) is 10.5 Å². The number of nitrogens with one attached hydrogen (secondary N) is 1. The number of fused-ring (bicyclic) bond motifs is 1. The van der Waals surface area contributed by atoms with Crippen LogP contribution in [0.2, 0.25) is 0 Å². The maximum Gasteiger partial charge on any atom is 0.524 e. The van der Waals surface area contributed by atoms with Crippen LogP contribution < -0.4 is 14.8 Å². The highest BCUT2D eigenvalue weighted by Gasteiger charge is 2.32. The molecule has 0 saturated carbocycles. The van der Waals surface area contributed by atoms with Crippen LogP contribution in [0.15, 0.2) is 47.7 Å². The van der Waals surface area contributed by atoms with Crippen molar-refractivity contribution in [2.75, 3.05) is 4.90 Å². The molecule has 1 aliphatic rings. The van der Waals surface area contributed by atoms with Gasteiger partial charge in [-0.15, -0.1) is 0 Å². The van der Waals surface area contributed by atoms with Gasteiger partial charge in [0.15, 0.2) is 5.84 Å². The lowest BCUT2D eigenvalue weighted by atomic mass is 9.98. The van der Waals surface area contributed by atoms with Crippen LogP contribution in [0.1, 0.15) is 30.9 Å². The molecule has 164 valence electrons. The van der Waals surface area contributed by atoms with Crippen molar-refractivity contribution in [3.05, 3.63) is 53.7 Å². The second-order valence-corrected chi connectivity index (χ2v) is 8.79. The molecule has 0 amide bonds. The Morgan fingerprint density at radius 1 is 1.19 bits per heavy atom. The van der Waals surface area contributed by atoms with Crippen LogP contribution in [-0.2, 0) is 11.6 Å². The quantitative estimate of drug-likeness (QED) is 0.377. The molecule has 31 heavy (non-hydrogen) atoms. The fraction of sp³-hybridized carbons (Fsp3) is 0.250. The zero-order valence-electron chi connectivity index (χ0n) is 17.1. The molecule has 0 aliphatic carbocycles. The molecule has 0 spiro atoms. The predicted octanol–water partition coefficient (Wildman–Crippen LogP) is 2.53. The average Bonchev–Trinajstić information content (AvgIpc) is 3.23. The van der Waals surface area contributed by atoms with Crippen LogP contribution >= 0.6 is 7.82 Å². The lowest BCUT2D eigenvalue weighted by Gasteiger charge is -2.25. The molecule has 1 aromatic heterocycles. The first kappa shape index (κ1) is 21.2. The van der Waals surface area contributed by atoms with Crippen LogP contribution in [0.25, 0.3) is 10.9 Å². The molecule has 1 aliphatic heterocycles. The Kier molecular flexibility index (Phi) is 5.18. The fourth-order valence-electron chi connectivity index (χ4n) is 3.64. The Bertz CT molecular complexity index is 1230. The summed E-state index contributed by atoms with van der Waals surface area (Å²) in [5.41, 5.74) is 5.01. The van der Waals surface area contributed by atoms with Gasteiger partial charge in [0.05, 0.1) is 5.56 Å². The van der Waals surface area contributed by atoms with Crippen molar-refractivity contribution in [2.45, 2.75) is 26.1 Å². The number of phenols is 1. The van der Waals surface area contributed by atoms with Gasteiger partial charge < -0.3 is 19.3 Å². The van der Waals surface area contributed by atoms with Crippen LogP contribution in [0.5, 0.6) is 11.5 Å². The summed E-state index contributed by atoms with van der Waals surface area (Å²) in [7, 11) is -2.87. The van der Waals surface area contributed by atoms with Crippen molar-refractivity contribution in [3.63, 3.8) is 0 Å². The van der Waals surface area contributed by atoms with E-state index in [-0.39, 0.29) is 28.8 Å². The third kappa shape index (κ3) is 3.98. The number of phosphoric acid groups is 1. The summed E-state index contributed by atoms with van der Waals surface area (Å²) in [6, 6.07) is 10.3. The highest BCUT2D eigenvalue weighted by Crippen LogP contribution is 2.44. The number of nitrogens with zero attached hydrogens (tertiary/aromatic N) is 3. The van der Waals surface area contributed by atoms with Crippen LogP contribution in [0.4, 0.5) is 5.69 Å². The Morgan fingerprint density at radius 2 is 1.94 bits per heavy atom. The molecular formula is C20H23N4O6P. The Balaban J connectivity index is 1.79. The van der Waals surface area contributed by atoms with E-state index >= 15 is 0 Å². The molecule has 5 N–H and O–H groups in total. The number of anilines is 1. The molecule has 2 heterocycles. The van der Waals surface area contributed by atoms with Gasteiger partial charge in [0.2, 0.25) is 6.35 Å². The van der Waals surface area contributed by atoms with E-state index in [0.717, 1.165) is 17.0 Å². The van der Waals surface area contributed by atoms with Gasteiger partial charge in [-0.1, -0.05) is 13.8 Å². The average molecular weight is 446 g/mol. The minimum atomic E-state index is -4.81. The highest BCUT2D eigenvalue weighted by atomic mass is 31.2. The first-order chi connectivity index (χ1) is 14.5. The number of aromatic hydroxyl groups is 1. The Morgan fingerprint density at radius 3 is 2.61 bits per heavy atom. The van der Waals surface area contributed by atoms with E-state index < -0.39 is 14.2 Å². The third-order valence-electron chi connectivity index (χ3n) is 5.11. The van der Waals surface area contributed by atoms with Gasteiger partial charge in [0.25, 0.3) is 0 Å². The van der Waals surface area contributed by atoms with E-state index in [0.29, 0.717) is 11.3 Å². The number of aliphatic hydroxyl groups excluding tert-OH is 1. The molecule has 0 saturated heterocycles. The maximum atomic E-state index is 11.3. The number of aryl methyl sites for hydroxylation is 1. The van der Waals surface area contributed by atoms with E-state index in [1.54, 1.807) is 6.07 Å². The smallest absolute Gasteiger partial charge is 0.507 e. The van der Waals surface area contributed by atoms with Crippen molar-refractivity contribution in [1.82, 2.24) is 9.99 Å². The SMILES string of the molecule is CC(C)c1cc(C2=NNC(O)N2c2ccc3c(ccn3C)c2)c(O)cc1OP(=O)(O)O. The largest absolute Gasteiger partial charge is 0.524 e. The summed E-state index contributed by atoms with van der Waals surface area (Å²) >= 11 is 0. The summed E-state index contributed by atoms with van der Waals surface area (Å²) in [4.78, 5) is 19.9. The normalized spacial score (nSPS) is 16.7. The summed E-state index contributed by atoms with van der Waals surface area (Å²) in [5, 5.41) is 26.3. The second-order valence-electron chi connectivity index (χ2n) is 7.62. The molecule has 0 bridgehead atoms. The van der Waals surface area contributed by atoms with Gasteiger partial charge >= 0.3 is 7.82 Å². The highest BCUT2D eigenvalue weighted by molar-refractivity contribution is 7.46. The van der Waals surface area contributed by atoms with E-state index in [9.17, 15) is 24.6 Å². The first-order valence-corrected chi connectivity index (χ1v) is 11.1. The van der Waals surface area contributed by atoms with Gasteiger partial charge in [-0.3, -0.25) is 20.1 Å². The maximum absolute atomic E-state index is 11.3. The van der Waals surface area contributed by atoms with Crippen molar-refractivity contribution < 1.29 is 29.1 Å². The van der Waals surface area contributed by atoms with Gasteiger partial charge in [0, 0.05) is 35.9 Å². The van der Waals surface area contributed by atoms with Crippen LogP contribution in [0, 0.1) is 0 Å². The van der Waals surface area contributed by atoms with Crippen LogP contribution in [0.3, 0.4) is 0 Å². The predicted molar refractivity (Wildman–Crippen MR) is 116 cm³/mol. The molecule has 11 heteroatoms. The van der Waals surface area contributed by atoms with Gasteiger partial charge in [-0.05, 0) is 41.8 Å². The van der Waals surface area contributed by atoms with Crippen molar-refractivity contribution in [1.29, 1.82) is 0 Å². The number of amidine groups is 1. The topological polar surface area (TPSA) is 140 Å². The van der Waals surface area contributed by atoms with E-state index in [1.165, 1.54) is 4.90 Å². The van der Waals surface area contributed by atoms with Crippen molar-refractivity contribution >= 4 is 30.2 Å². The lowest BCUT2D eigenvalue weighted by Crippen LogP contribution is -2.40. The molecule has 3 aromatic rings. The molecule has 0 fully saturated rings. The van der Waals surface area contributed by atoms with Crippen molar-refractivity contribution in [2.24, 2.45) is 12.1 Å². The second kappa shape index (κ2) is 7.58. The summed E-state index contributed by atoms with van der Waals surface area (Å²) in [6.07, 6.45) is 0.770. The molecule has 2 aromatic carbocycles. The number of hydrogen-bond acceptors (Lipinski definition) is 7. The minimum Gasteiger partial charge on any atom is -0.507 e. The molecule has 1 unspecified atom stereocenters. The number of hydrazone groups is 1. The number of benzene rings is 2. The van der Waals surface area contributed by atoms with E-state index in [4.69, 9.17) is 4.52 Å². The van der Waals surface area contributed by atoms with Gasteiger partial charge in [0.1, 0.15) is 11.5 Å². The fourth-order valence-corrected chi connectivity index (χ4v) is 4.06. The van der Waals surface area contributed by atoms with Gasteiger partial charge in [-0.2, -0.15) is 5.10 Å². The Hall–Kier alpha value is -3.04. The number of hydrogen-bond donors (Lipinski definition) is 5. The Labute approximate surface area is 178 Å². The molecule has 1 atom stereocenters. The number of aliphatic hydroxyl groups is 1. The molecule has 4 rings (SSSR count). The monoisotopic (exact) mass is 446 g/mol. The minimum absolute atomic E-state index is 0.117. The standard InChI is InChI=1S/C20H23N4O6P/c1-11(2)14-9-15(17(25)10-18(14)30-31(27,28)29)19-21-22-20(26)24(19)13-4-5-16-12(8-13)6-7-23(16)3/h4-11,20,22,25-26H,1-3H3,(H2,27,28,29). The zero-order chi connectivity index (χ0) is 22.5. The number of phosphoric ester groups is 1.